The molecule has 90 valence electrons. The molecule has 0 aromatic carbocycles. The average molecular weight is 254 g/mol. The second kappa shape index (κ2) is 9.31. The summed E-state index contributed by atoms with van der Waals surface area (Å²) >= 11 is 1.70. The van der Waals surface area contributed by atoms with E-state index in [0.717, 1.165) is 5.88 Å². The van der Waals surface area contributed by atoms with Gasteiger partial charge in [0.05, 0.1) is 25.4 Å². The number of likely N-dealkylation sites (tertiary alicyclic amines) is 1. The number of thioether (sulfide) groups is 1. The number of ether oxygens (including phenoxy) is 1. The molecule has 0 unspecified atom stereocenters. The summed E-state index contributed by atoms with van der Waals surface area (Å²) in [6.07, 6.45) is 4.07. The van der Waals surface area contributed by atoms with E-state index >= 15 is 0 Å². The second-order valence-corrected chi connectivity index (χ2v) is 4.59. The molecule has 1 aliphatic heterocycles. The zero-order valence-corrected chi connectivity index (χ0v) is 10.8. The molecular weight excluding hydrogens is 234 g/mol. The van der Waals surface area contributed by atoms with Crippen LogP contribution in [0.4, 0.5) is 0 Å². The van der Waals surface area contributed by atoms with E-state index in [9.17, 15) is 4.79 Å². The Bertz CT molecular complexity index is 175. The number of hydrogen-bond donors (Lipinski definition) is 1. The third-order valence-corrected chi connectivity index (χ3v) is 3.44. The van der Waals surface area contributed by atoms with E-state index in [1.54, 1.807) is 16.7 Å². The van der Waals surface area contributed by atoms with Gasteiger partial charge in [-0.05, 0) is 26.2 Å². The summed E-state index contributed by atoms with van der Waals surface area (Å²) in [6, 6.07) is 0. The highest BCUT2D eigenvalue weighted by molar-refractivity contribution is 7.99. The Morgan fingerprint density at radius 3 is 2.60 bits per heavy atom. The van der Waals surface area contributed by atoms with Crippen molar-refractivity contribution in [2.75, 3.05) is 31.3 Å². The normalized spacial score (nSPS) is 16.9. The molecule has 0 spiro atoms. The molecule has 15 heavy (non-hydrogen) atoms. The van der Waals surface area contributed by atoms with Crippen molar-refractivity contribution in [3.8, 4) is 0 Å². The molecule has 1 fully saturated rings. The SMILES string of the molecule is CCOC(=O)CSC[NH+]1CCCCC1.[Cl-]. The van der Waals surface area contributed by atoms with Crippen LogP contribution in [0.25, 0.3) is 0 Å². The van der Waals surface area contributed by atoms with E-state index in [1.807, 2.05) is 6.92 Å². The molecule has 1 N–H and O–H groups in total. The van der Waals surface area contributed by atoms with E-state index < -0.39 is 0 Å². The van der Waals surface area contributed by atoms with Gasteiger partial charge in [-0.3, -0.25) is 4.79 Å². The Hall–Kier alpha value is 0.0700. The van der Waals surface area contributed by atoms with Crippen LogP contribution in [-0.4, -0.2) is 37.3 Å². The van der Waals surface area contributed by atoms with E-state index in [0.29, 0.717) is 12.4 Å². The van der Waals surface area contributed by atoms with Crippen LogP contribution < -0.4 is 17.3 Å². The van der Waals surface area contributed by atoms with Gasteiger partial charge in [0.1, 0.15) is 5.88 Å². The van der Waals surface area contributed by atoms with Gasteiger partial charge in [-0.15, -0.1) is 0 Å². The molecule has 1 aliphatic rings. The molecule has 0 atom stereocenters. The summed E-state index contributed by atoms with van der Waals surface area (Å²) in [4.78, 5) is 12.7. The van der Waals surface area contributed by atoms with Crippen molar-refractivity contribution in [2.45, 2.75) is 26.2 Å². The van der Waals surface area contributed by atoms with Gasteiger partial charge in [0.2, 0.25) is 0 Å². The van der Waals surface area contributed by atoms with Crippen molar-refractivity contribution in [1.82, 2.24) is 0 Å². The van der Waals surface area contributed by atoms with E-state index in [1.165, 1.54) is 32.4 Å². The lowest BCUT2D eigenvalue weighted by Gasteiger charge is -2.22. The van der Waals surface area contributed by atoms with E-state index in [2.05, 4.69) is 0 Å². The first-order valence-corrected chi connectivity index (χ1v) is 6.55. The van der Waals surface area contributed by atoms with Gasteiger partial charge in [-0.2, -0.15) is 0 Å². The minimum atomic E-state index is -0.0751. The fraction of sp³-hybridized carbons (Fsp3) is 0.900. The van der Waals surface area contributed by atoms with Crippen LogP contribution in [0.3, 0.4) is 0 Å². The summed E-state index contributed by atoms with van der Waals surface area (Å²) in [5, 5.41) is 0. The van der Waals surface area contributed by atoms with Crippen molar-refractivity contribution in [3.63, 3.8) is 0 Å². The summed E-state index contributed by atoms with van der Waals surface area (Å²) in [5.74, 6) is 1.49. The van der Waals surface area contributed by atoms with Gasteiger partial charge < -0.3 is 22.0 Å². The fourth-order valence-corrected chi connectivity index (χ4v) is 2.61. The van der Waals surface area contributed by atoms with Crippen molar-refractivity contribution in [1.29, 1.82) is 0 Å². The predicted octanol–water partition coefficient (Wildman–Crippen LogP) is -2.69. The quantitative estimate of drug-likeness (QED) is 0.542. The first-order valence-electron chi connectivity index (χ1n) is 5.40. The van der Waals surface area contributed by atoms with Gasteiger partial charge in [-0.1, -0.05) is 11.8 Å². The molecule has 1 heterocycles. The van der Waals surface area contributed by atoms with Gasteiger partial charge >= 0.3 is 5.97 Å². The third-order valence-electron chi connectivity index (χ3n) is 2.39. The highest BCUT2D eigenvalue weighted by atomic mass is 35.5. The zero-order chi connectivity index (χ0) is 10.2. The number of carbonyl (C=O) groups excluding carboxylic acids is 1. The van der Waals surface area contributed by atoms with Crippen molar-refractivity contribution in [3.05, 3.63) is 0 Å². The van der Waals surface area contributed by atoms with Crippen LogP contribution in [0, 0.1) is 0 Å². The first kappa shape index (κ1) is 15.1. The largest absolute Gasteiger partial charge is 1.00 e. The Morgan fingerprint density at radius 2 is 2.00 bits per heavy atom. The van der Waals surface area contributed by atoms with Crippen LogP contribution in [0.5, 0.6) is 0 Å². The molecule has 0 saturated carbocycles. The van der Waals surface area contributed by atoms with Crippen LogP contribution in [0.2, 0.25) is 0 Å². The Balaban J connectivity index is 0.00000196. The van der Waals surface area contributed by atoms with Gasteiger partial charge in [-0.25, -0.2) is 0 Å². The maximum Gasteiger partial charge on any atom is 0.316 e. The van der Waals surface area contributed by atoms with Crippen molar-refractivity contribution >= 4 is 17.7 Å². The lowest BCUT2D eigenvalue weighted by Crippen LogP contribution is -3.12. The lowest BCUT2D eigenvalue weighted by atomic mass is 10.1. The summed E-state index contributed by atoms with van der Waals surface area (Å²) < 4.78 is 4.86. The van der Waals surface area contributed by atoms with Crippen molar-refractivity contribution < 1.29 is 26.8 Å². The number of quaternary nitrogens is 1. The minimum Gasteiger partial charge on any atom is -1.00 e. The van der Waals surface area contributed by atoms with E-state index in [4.69, 9.17) is 4.74 Å². The number of halogens is 1. The number of carbonyl (C=O) groups is 1. The molecular formula is C10H20ClNO2S. The fourth-order valence-electron chi connectivity index (χ4n) is 1.68. The molecule has 0 bridgehead atoms. The molecule has 0 amide bonds. The smallest absolute Gasteiger partial charge is 0.316 e. The summed E-state index contributed by atoms with van der Waals surface area (Å²) in [7, 11) is 0. The van der Waals surface area contributed by atoms with Crippen molar-refractivity contribution in [2.24, 2.45) is 0 Å². The number of esters is 1. The van der Waals surface area contributed by atoms with Gasteiger partial charge in [0.25, 0.3) is 0 Å². The van der Waals surface area contributed by atoms with Gasteiger partial charge in [0.15, 0.2) is 0 Å². The van der Waals surface area contributed by atoms with Gasteiger partial charge in [0, 0.05) is 0 Å². The molecule has 3 nitrogen and oxygen atoms in total. The lowest BCUT2D eigenvalue weighted by molar-refractivity contribution is -0.891. The molecule has 5 heteroatoms. The van der Waals surface area contributed by atoms with E-state index in [-0.39, 0.29) is 18.4 Å². The Kier molecular flexibility index (Phi) is 9.35. The highest BCUT2D eigenvalue weighted by Crippen LogP contribution is 1.99. The maximum absolute atomic E-state index is 11.0. The first-order chi connectivity index (χ1) is 6.83. The number of rotatable bonds is 5. The topological polar surface area (TPSA) is 30.7 Å². The molecule has 0 radical (unpaired) electrons. The number of piperidine rings is 1. The molecule has 0 aliphatic carbocycles. The molecule has 0 aromatic heterocycles. The predicted molar refractivity (Wildman–Crippen MR) is 58.5 cm³/mol. The maximum atomic E-state index is 11.0. The summed E-state index contributed by atoms with van der Waals surface area (Å²) in [6.45, 7) is 4.89. The zero-order valence-electron chi connectivity index (χ0n) is 9.26. The number of nitrogens with one attached hydrogen (secondary N) is 1. The van der Waals surface area contributed by atoms with Crippen LogP contribution in [-0.2, 0) is 9.53 Å². The van der Waals surface area contributed by atoms with Crippen LogP contribution in [0.1, 0.15) is 26.2 Å². The average Bonchev–Trinajstić information content (AvgIpc) is 2.20. The third kappa shape index (κ3) is 7.03. The molecule has 1 rings (SSSR count). The van der Waals surface area contributed by atoms with Crippen LogP contribution >= 0.6 is 11.8 Å². The summed E-state index contributed by atoms with van der Waals surface area (Å²) in [5.41, 5.74) is 0. The minimum absolute atomic E-state index is 0. The Labute approximate surface area is 102 Å². The van der Waals surface area contributed by atoms with Crippen LogP contribution in [0.15, 0.2) is 0 Å². The molecule has 0 aromatic rings. The molecule has 1 saturated heterocycles. The monoisotopic (exact) mass is 253 g/mol. The highest BCUT2D eigenvalue weighted by Gasteiger charge is 2.13. The standard InChI is InChI=1S/C10H19NO2S.ClH/c1-2-13-10(12)8-14-9-11-6-4-3-5-7-11;/h2-9H2,1H3;1H. The Morgan fingerprint density at radius 1 is 1.33 bits per heavy atom. The second-order valence-electron chi connectivity index (χ2n) is 3.61. The number of hydrogen-bond acceptors (Lipinski definition) is 3.